The number of benzene rings is 1. The molecule has 3 aromatic rings. The van der Waals surface area contributed by atoms with Crippen LogP contribution in [-0.2, 0) is 5.75 Å². The minimum Gasteiger partial charge on any atom is -0.393 e. The lowest BCUT2D eigenvalue weighted by molar-refractivity contribution is 0.0867. The van der Waals surface area contributed by atoms with Gasteiger partial charge in [-0.1, -0.05) is 6.07 Å². The van der Waals surface area contributed by atoms with Gasteiger partial charge in [0.1, 0.15) is 5.65 Å². The fourth-order valence-corrected chi connectivity index (χ4v) is 4.19. The van der Waals surface area contributed by atoms with Crippen molar-refractivity contribution in [3.63, 3.8) is 0 Å². The predicted octanol–water partition coefficient (Wildman–Crippen LogP) is 3.66. The summed E-state index contributed by atoms with van der Waals surface area (Å²) in [6, 6.07) is 13.9. The highest BCUT2D eigenvalue weighted by atomic mass is 32.2. The monoisotopic (exact) mass is 381 g/mol. The fraction of sp³-hybridized carbons (Fsp3) is 0.333. The summed E-state index contributed by atoms with van der Waals surface area (Å²) in [5, 5.41) is 12.6. The van der Waals surface area contributed by atoms with E-state index >= 15 is 0 Å². The molecule has 1 aliphatic rings. The molecule has 1 aromatic carbocycles. The van der Waals surface area contributed by atoms with Crippen LogP contribution in [0.2, 0.25) is 0 Å². The molecule has 27 heavy (non-hydrogen) atoms. The van der Waals surface area contributed by atoms with Crippen LogP contribution in [0.15, 0.2) is 59.8 Å². The highest BCUT2D eigenvalue weighted by Gasteiger charge is 2.21. The van der Waals surface area contributed by atoms with Crippen molar-refractivity contribution in [3.05, 3.63) is 66.1 Å². The molecule has 0 spiro atoms. The first-order chi connectivity index (χ1) is 13.2. The molecule has 0 unspecified atom stereocenters. The molecular formula is C21H23N3O2S. The van der Waals surface area contributed by atoms with E-state index < -0.39 is 0 Å². The lowest BCUT2D eigenvalue weighted by atomic mass is 9.93. The van der Waals surface area contributed by atoms with E-state index in [0.717, 1.165) is 47.7 Å². The molecule has 6 heteroatoms. The number of pyridine rings is 1. The van der Waals surface area contributed by atoms with E-state index in [0.29, 0.717) is 5.56 Å². The Morgan fingerprint density at radius 2 is 1.93 bits per heavy atom. The molecule has 1 amide bonds. The fourth-order valence-electron chi connectivity index (χ4n) is 3.41. The predicted molar refractivity (Wildman–Crippen MR) is 107 cm³/mol. The van der Waals surface area contributed by atoms with E-state index in [1.165, 1.54) is 0 Å². The van der Waals surface area contributed by atoms with Crippen molar-refractivity contribution in [1.29, 1.82) is 0 Å². The maximum atomic E-state index is 12.4. The molecule has 2 aromatic heterocycles. The number of carbonyl (C=O) groups excluding carboxylic acids is 1. The third-order valence-electron chi connectivity index (χ3n) is 4.95. The van der Waals surface area contributed by atoms with Gasteiger partial charge in [0, 0.05) is 34.6 Å². The van der Waals surface area contributed by atoms with Gasteiger partial charge in [-0.25, -0.2) is 4.98 Å². The summed E-state index contributed by atoms with van der Waals surface area (Å²) in [6.45, 7) is 0. The zero-order chi connectivity index (χ0) is 18.6. The third kappa shape index (κ3) is 4.51. The Balaban J connectivity index is 1.32. The van der Waals surface area contributed by atoms with Crippen LogP contribution in [0.4, 0.5) is 0 Å². The minimum atomic E-state index is -0.206. The van der Waals surface area contributed by atoms with Gasteiger partial charge in [0.05, 0.1) is 11.8 Å². The normalized spacial score (nSPS) is 19.9. The Labute approximate surface area is 162 Å². The van der Waals surface area contributed by atoms with E-state index in [9.17, 15) is 9.90 Å². The van der Waals surface area contributed by atoms with Gasteiger partial charge in [0.15, 0.2) is 0 Å². The first kappa shape index (κ1) is 18.1. The van der Waals surface area contributed by atoms with Crippen LogP contribution < -0.4 is 5.32 Å². The second kappa shape index (κ2) is 8.15. The largest absolute Gasteiger partial charge is 0.393 e. The highest BCUT2D eigenvalue weighted by Crippen LogP contribution is 2.23. The van der Waals surface area contributed by atoms with Crippen molar-refractivity contribution in [2.75, 3.05) is 0 Å². The van der Waals surface area contributed by atoms with Crippen molar-refractivity contribution in [1.82, 2.24) is 14.7 Å². The summed E-state index contributed by atoms with van der Waals surface area (Å²) in [5.74, 6) is 0.755. The van der Waals surface area contributed by atoms with Gasteiger partial charge in [-0.05, 0) is 62.1 Å². The zero-order valence-corrected chi connectivity index (χ0v) is 15.9. The molecule has 0 atom stereocenters. The highest BCUT2D eigenvalue weighted by molar-refractivity contribution is 7.98. The molecule has 1 aliphatic carbocycles. The summed E-state index contributed by atoms with van der Waals surface area (Å²) in [5.41, 5.74) is 2.67. The number of carbonyl (C=O) groups is 1. The number of amides is 1. The van der Waals surface area contributed by atoms with E-state index in [1.54, 1.807) is 11.8 Å². The maximum absolute atomic E-state index is 12.4. The molecule has 0 radical (unpaired) electrons. The molecule has 2 N–H and O–H groups in total. The Bertz CT molecular complexity index is 882. The summed E-state index contributed by atoms with van der Waals surface area (Å²) in [7, 11) is 0. The Morgan fingerprint density at radius 1 is 1.15 bits per heavy atom. The molecule has 1 saturated carbocycles. The molecule has 5 nitrogen and oxygen atoms in total. The lowest BCUT2D eigenvalue weighted by Gasteiger charge is -2.26. The number of hydrogen-bond acceptors (Lipinski definition) is 4. The number of aromatic nitrogens is 2. The van der Waals surface area contributed by atoms with Crippen LogP contribution in [0.1, 0.15) is 41.7 Å². The van der Waals surface area contributed by atoms with Crippen molar-refractivity contribution in [2.45, 2.75) is 48.5 Å². The van der Waals surface area contributed by atoms with Crippen molar-refractivity contribution < 1.29 is 9.90 Å². The molecule has 0 bridgehead atoms. The first-order valence-corrected chi connectivity index (χ1v) is 10.3. The number of fused-ring (bicyclic) bond motifs is 1. The topological polar surface area (TPSA) is 66.6 Å². The van der Waals surface area contributed by atoms with Gasteiger partial charge in [0.2, 0.25) is 0 Å². The van der Waals surface area contributed by atoms with E-state index in [1.807, 2.05) is 59.3 Å². The van der Waals surface area contributed by atoms with Gasteiger partial charge in [-0.3, -0.25) is 4.79 Å². The van der Waals surface area contributed by atoms with E-state index in [-0.39, 0.29) is 18.1 Å². The average Bonchev–Trinajstić information content (AvgIpc) is 3.11. The van der Waals surface area contributed by atoms with Crippen LogP contribution in [0, 0.1) is 0 Å². The van der Waals surface area contributed by atoms with Crippen molar-refractivity contribution in [3.8, 4) is 0 Å². The summed E-state index contributed by atoms with van der Waals surface area (Å²) in [6.07, 6.45) is 7.07. The first-order valence-electron chi connectivity index (χ1n) is 9.32. The number of nitrogens with zero attached hydrogens (tertiary/aromatic N) is 2. The van der Waals surface area contributed by atoms with Crippen molar-refractivity contribution in [2.24, 2.45) is 0 Å². The van der Waals surface area contributed by atoms with Crippen LogP contribution in [-0.4, -0.2) is 32.5 Å². The number of nitrogens with one attached hydrogen (secondary N) is 1. The standard InChI is InChI=1S/C21H23N3O2S/c25-18-8-6-16(7-9-18)23-21(26)15-4-10-19(11-5-15)27-14-17-13-24-12-2-1-3-20(24)22-17/h1-5,10-13,16,18,25H,6-9,14H2,(H,23,26). The van der Waals surface area contributed by atoms with Crippen LogP contribution in [0.3, 0.4) is 0 Å². The van der Waals surface area contributed by atoms with Gasteiger partial charge in [-0.15, -0.1) is 11.8 Å². The minimum absolute atomic E-state index is 0.0340. The summed E-state index contributed by atoms with van der Waals surface area (Å²) < 4.78 is 2.02. The smallest absolute Gasteiger partial charge is 0.251 e. The molecule has 2 heterocycles. The maximum Gasteiger partial charge on any atom is 0.251 e. The SMILES string of the molecule is O=C(NC1CCC(O)CC1)c1ccc(SCc2cn3ccccc3n2)cc1. The number of imidazole rings is 1. The van der Waals surface area contributed by atoms with Gasteiger partial charge < -0.3 is 14.8 Å². The Kier molecular flexibility index (Phi) is 5.45. The zero-order valence-electron chi connectivity index (χ0n) is 15.0. The van der Waals surface area contributed by atoms with Crippen LogP contribution in [0.25, 0.3) is 5.65 Å². The molecule has 0 aliphatic heterocycles. The second-order valence-corrected chi connectivity index (χ2v) is 8.04. The number of hydrogen-bond donors (Lipinski definition) is 2. The lowest BCUT2D eigenvalue weighted by Crippen LogP contribution is -2.38. The van der Waals surface area contributed by atoms with Crippen LogP contribution >= 0.6 is 11.8 Å². The molecule has 4 rings (SSSR count). The number of aliphatic hydroxyl groups excluding tert-OH is 1. The van der Waals surface area contributed by atoms with Crippen LogP contribution in [0.5, 0.6) is 0 Å². The van der Waals surface area contributed by atoms with Crippen molar-refractivity contribution >= 4 is 23.3 Å². The van der Waals surface area contributed by atoms with Gasteiger partial charge in [-0.2, -0.15) is 0 Å². The Hall–Kier alpha value is -2.31. The quantitative estimate of drug-likeness (QED) is 0.662. The van der Waals surface area contributed by atoms with E-state index in [4.69, 9.17) is 0 Å². The molecule has 1 fully saturated rings. The molecular weight excluding hydrogens is 358 g/mol. The average molecular weight is 382 g/mol. The van der Waals surface area contributed by atoms with Gasteiger partial charge >= 0.3 is 0 Å². The summed E-state index contributed by atoms with van der Waals surface area (Å²) >= 11 is 1.71. The number of aliphatic hydroxyl groups is 1. The van der Waals surface area contributed by atoms with E-state index in [2.05, 4.69) is 10.3 Å². The number of rotatable bonds is 5. The molecule has 0 saturated heterocycles. The third-order valence-corrected chi connectivity index (χ3v) is 5.99. The molecule has 140 valence electrons. The Morgan fingerprint density at radius 3 is 2.67 bits per heavy atom. The second-order valence-electron chi connectivity index (χ2n) is 6.99. The number of thioether (sulfide) groups is 1. The van der Waals surface area contributed by atoms with Gasteiger partial charge in [0.25, 0.3) is 5.91 Å². The summed E-state index contributed by atoms with van der Waals surface area (Å²) in [4.78, 5) is 18.1.